The minimum Gasteiger partial charge on any atom is -0.480 e. The molecule has 2 aromatic rings. The number of para-hydroxylation sites is 1. The largest absolute Gasteiger partial charge is 0.480 e. The molecule has 3 atom stereocenters. The van der Waals surface area contributed by atoms with Crippen molar-refractivity contribution in [1.82, 2.24) is 15.6 Å². The monoisotopic (exact) mass is 446 g/mol. The number of nitrogens with one attached hydrogen (secondary N) is 3. The SMILES string of the molecule is NC(=O)CC[C@H](NC(=O)[C@H](Cc1c[nH]c2ccccc12)NC(=O)[C@@H](N)CC(N)=O)C(=O)O. The first-order valence-electron chi connectivity index (χ1n) is 9.79. The van der Waals surface area contributed by atoms with E-state index < -0.39 is 54.1 Å². The molecule has 0 fully saturated rings. The zero-order valence-corrected chi connectivity index (χ0v) is 17.2. The van der Waals surface area contributed by atoms with Crippen molar-refractivity contribution in [3.63, 3.8) is 0 Å². The molecule has 12 nitrogen and oxygen atoms in total. The Hall–Kier alpha value is -3.93. The first-order chi connectivity index (χ1) is 15.1. The summed E-state index contributed by atoms with van der Waals surface area (Å²) in [5.74, 6) is -4.46. The number of aliphatic carboxylic acids is 1. The number of hydrogen-bond acceptors (Lipinski definition) is 6. The minimum absolute atomic E-state index is 0.00698. The molecule has 0 unspecified atom stereocenters. The number of fused-ring (bicyclic) bond motifs is 1. The Labute approximate surface area is 182 Å². The van der Waals surface area contributed by atoms with Crippen LogP contribution in [-0.4, -0.2) is 57.8 Å². The molecule has 32 heavy (non-hydrogen) atoms. The Morgan fingerprint density at radius 1 is 0.969 bits per heavy atom. The van der Waals surface area contributed by atoms with E-state index in [0.29, 0.717) is 5.56 Å². The van der Waals surface area contributed by atoms with E-state index in [-0.39, 0.29) is 19.3 Å². The first kappa shape index (κ1) is 24.3. The lowest BCUT2D eigenvalue weighted by Crippen LogP contribution is -2.55. The predicted molar refractivity (Wildman–Crippen MR) is 114 cm³/mol. The van der Waals surface area contributed by atoms with Crippen LogP contribution in [0.2, 0.25) is 0 Å². The highest BCUT2D eigenvalue weighted by molar-refractivity contribution is 5.94. The van der Waals surface area contributed by atoms with Gasteiger partial charge in [0.25, 0.3) is 0 Å². The summed E-state index contributed by atoms with van der Waals surface area (Å²) in [7, 11) is 0. The van der Waals surface area contributed by atoms with E-state index in [1.165, 1.54) is 0 Å². The molecule has 1 aromatic heterocycles. The Balaban J connectivity index is 2.24. The van der Waals surface area contributed by atoms with Crippen LogP contribution >= 0.6 is 0 Å². The molecule has 0 aliphatic carbocycles. The molecule has 4 amide bonds. The molecule has 172 valence electrons. The number of hydrogen-bond donors (Lipinski definition) is 7. The van der Waals surface area contributed by atoms with Gasteiger partial charge in [-0.15, -0.1) is 0 Å². The lowest BCUT2D eigenvalue weighted by molar-refractivity contribution is -0.142. The number of aromatic nitrogens is 1. The van der Waals surface area contributed by atoms with Gasteiger partial charge in [0.15, 0.2) is 0 Å². The number of primary amides is 2. The van der Waals surface area contributed by atoms with Crippen molar-refractivity contribution in [1.29, 1.82) is 0 Å². The summed E-state index contributed by atoms with van der Waals surface area (Å²) in [6.45, 7) is 0. The summed E-state index contributed by atoms with van der Waals surface area (Å²) in [6.07, 6.45) is 0.782. The molecule has 0 saturated heterocycles. The van der Waals surface area contributed by atoms with Crippen molar-refractivity contribution < 1.29 is 29.1 Å². The van der Waals surface area contributed by atoms with Crippen LogP contribution in [0.15, 0.2) is 30.5 Å². The van der Waals surface area contributed by atoms with E-state index in [4.69, 9.17) is 17.2 Å². The van der Waals surface area contributed by atoms with Gasteiger partial charge < -0.3 is 37.9 Å². The summed E-state index contributed by atoms with van der Waals surface area (Å²) in [6, 6.07) is 3.40. The molecule has 0 radical (unpaired) electrons. The molecule has 0 spiro atoms. The van der Waals surface area contributed by atoms with Gasteiger partial charge in [-0.25, -0.2) is 4.79 Å². The standard InChI is InChI=1S/C20H26N6O6/c21-12(8-17(23)28)18(29)26-15(7-10-9-24-13-4-2-1-3-11(10)13)19(30)25-14(20(31)32)5-6-16(22)27/h1-4,9,12,14-15,24H,5-8,21H2,(H2,22,27)(H2,23,28)(H,25,30)(H,26,29)(H,31,32)/t12-,14-,15-/m0/s1. The highest BCUT2D eigenvalue weighted by atomic mass is 16.4. The molecule has 0 bridgehead atoms. The number of amides is 4. The maximum absolute atomic E-state index is 12.9. The fourth-order valence-electron chi connectivity index (χ4n) is 3.13. The third-order valence-electron chi connectivity index (χ3n) is 4.78. The lowest BCUT2D eigenvalue weighted by atomic mass is 10.0. The van der Waals surface area contributed by atoms with Gasteiger partial charge >= 0.3 is 5.97 Å². The number of rotatable bonds is 12. The molecule has 0 aliphatic rings. The number of nitrogens with two attached hydrogens (primary N) is 3. The highest BCUT2D eigenvalue weighted by Gasteiger charge is 2.29. The number of carbonyl (C=O) groups is 5. The van der Waals surface area contributed by atoms with Crippen LogP contribution in [0.25, 0.3) is 10.9 Å². The highest BCUT2D eigenvalue weighted by Crippen LogP contribution is 2.19. The third kappa shape index (κ3) is 6.80. The van der Waals surface area contributed by atoms with Crippen molar-refractivity contribution in [3.8, 4) is 0 Å². The van der Waals surface area contributed by atoms with Crippen molar-refractivity contribution in [2.75, 3.05) is 0 Å². The van der Waals surface area contributed by atoms with Gasteiger partial charge in [0.2, 0.25) is 23.6 Å². The summed E-state index contributed by atoms with van der Waals surface area (Å²) < 4.78 is 0. The summed E-state index contributed by atoms with van der Waals surface area (Å²) in [4.78, 5) is 61.9. The Bertz CT molecular complexity index is 1020. The van der Waals surface area contributed by atoms with Crippen LogP contribution in [0, 0.1) is 0 Å². The van der Waals surface area contributed by atoms with Crippen LogP contribution in [-0.2, 0) is 30.4 Å². The zero-order chi connectivity index (χ0) is 23.8. The molecular weight excluding hydrogens is 420 g/mol. The van der Waals surface area contributed by atoms with Crippen molar-refractivity contribution in [2.24, 2.45) is 17.2 Å². The fourth-order valence-corrected chi connectivity index (χ4v) is 3.13. The van der Waals surface area contributed by atoms with Gasteiger partial charge in [-0.2, -0.15) is 0 Å². The summed E-state index contributed by atoms with van der Waals surface area (Å²) in [5.41, 5.74) is 17.3. The fraction of sp³-hybridized carbons (Fsp3) is 0.350. The third-order valence-corrected chi connectivity index (χ3v) is 4.78. The van der Waals surface area contributed by atoms with Gasteiger partial charge in [-0.1, -0.05) is 18.2 Å². The molecule has 10 N–H and O–H groups in total. The number of carboxylic acids is 1. The number of benzene rings is 1. The van der Waals surface area contributed by atoms with E-state index in [2.05, 4.69) is 15.6 Å². The maximum Gasteiger partial charge on any atom is 0.326 e. The minimum atomic E-state index is -1.39. The van der Waals surface area contributed by atoms with Crippen molar-refractivity contribution in [3.05, 3.63) is 36.0 Å². The number of carbonyl (C=O) groups excluding carboxylic acids is 4. The molecule has 1 aromatic carbocycles. The van der Waals surface area contributed by atoms with Crippen LogP contribution in [0.1, 0.15) is 24.8 Å². The molecule has 2 rings (SSSR count). The molecule has 0 aliphatic heterocycles. The van der Waals surface area contributed by atoms with E-state index in [1.54, 1.807) is 12.3 Å². The van der Waals surface area contributed by atoms with E-state index >= 15 is 0 Å². The second-order valence-electron chi connectivity index (χ2n) is 7.31. The quantitative estimate of drug-likeness (QED) is 0.198. The normalized spacial score (nSPS) is 13.7. The van der Waals surface area contributed by atoms with Crippen LogP contribution in [0.3, 0.4) is 0 Å². The van der Waals surface area contributed by atoms with Gasteiger partial charge in [-0.05, 0) is 18.1 Å². The second-order valence-corrected chi connectivity index (χ2v) is 7.31. The first-order valence-corrected chi connectivity index (χ1v) is 9.79. The Morgan fingerprint density at radius 3 is 2.25 bits per heavy atom. The van der Waals surface area contributed by atoms with Gasteiger partial charge in [0, 0.05) is 29.9 Å². The summed E-state index contributed by atoms with van der Waals surface area (Å²) in [5, 5.41) is 14.9. The van der Waals surface area contributed by atoms with Crippen molar-refractivity contribution >= 4 is 40.5 Å². The topological polar surface area (TPSA) is 223 Å². The molecule has 1 heterocycles. The second kappa shape index (κ2) is 10.9. The smallest absolute Gasteiger partial charge is 0.326 e. The van der Waals surface area contributed by atoms with Crippen LogP contribution < -0.4 is 27.8 Å². The number of carboxylic acid groups (broad SMARTS) is 1. The number of aromatic amines is 1. The average Bonchev–Trinajstić information content (AvgIpc) is 3.12. The van der Waals surface area contributed by atoms with E-state index in [1.807, 2.05) is 18.2 Å². The van der Waals surface area contributed by atoms with E-state index in [0.717, 1.165) is 10.9 Å². The average molecular weight is 446 g/mol. The lowest BCUT2D eigenvalue weighted by Gasteiger charge is -2.22. The predicted octanol–water partition coefficient (Wildman–Crippen LogP) is -1.77. The summed E-state index contributed by atoms with van der Waals surface area (Å²) >= 11 is 0. The molecule has 12 heteroatoms. The van der Waals surface area contributed by atoms with Crippen molar-refractivity contribution in [2.45, 2.75) is 43.8 Å². The molecule has 0 saturated carbocycles. The Kier molecular flexibility index (Phi) is 8.30. The maximum atomic E-state index is 12.9. The molecular formula is C20H26N6O6. The van der Waals surface area contributed by atoms with Gasteiger partial charge in [-0.3, -0.25) is 19.2 Å². The van der Waals surface area contributed by atoms with Crippen LogP contribution in [0.4, 0.5) is 0 Å². The van der Waals surface area contributed by atoms with Gasteiger partial charge in [0.05, 0.1) is 12.5 Å². The zero-order valence-electron chi connectivity index (χ0n) is 17.2. The van der Waals surface area contributed by atoms with Crippen LogP contribution in [0.5, 0.6) is 0 Å². The van der Waals surface area contributed by atoms with Gasteiger partial charge in [0.1, 0.15) is 12.1 Å². The Morgan fingerprint density at radius 2 is 1.62 bits per heavy atom. The number of H-pyrrole nitrogens is 1. The van der Waals surface area contributed by atoms with E-state index in [9.17, 15) is 29.1 Å².